The third kappa shape index (κ3) is 4.03. The Balaban J connectivity index is 1.68. The van der Waals surface area contributed by atoms with E-state index in [-0.39, 0.29) is 22.5 Å². The van der Waals surface area contributed by atoms with Crippen LogP contribution in [0.15, 0.2) is 41.7 Å². The van der Waals surface area contributed by atoms with E-state index in [1.54, 1.807) is 12.1 Å². The third-order valence-corrected chi connectivity index (χ3v) is 6.01. The molecule has 1 aromatic heterocycles. The van der Waals surface area contributed by atoms with Crippen molar-refractivity contribution in [3.05, 3.63) is 42.2 Å². The number of aromatic nitrogens is 2. The van der Waals surface area contributed by atoms with Crippen LogP contribution < -0.4 is 5.32 Å². The Morgan fingerprint density at radius 2 is 1.88 bits per heavy atom. The molecule has 2 N–H and O–H groups in total. The fraction of sp³-hybridized carbons (Fsp3) is 0.412. The van der Waals surface area contributed by atoms with Gasteiger partial charge in [-0.1, -0.05) is 37.5 Å². The minimum Gasteiger partial charge on any atom is -0.325 e. The molecule has 0 radical (unpaired) electrons. The Kier molecular flexibility index (Phi) is 4.99. The van der Waals surface area contributed by atoms with E-state index >= 15 is 0 Å². The van der Waals surface area contributed by atoms with Crippen LogP contribution in [0, 0.1) is 5.92 Å². The summed E-state index contributed by atoms with van der Waals surface area (Å²) in [6, 6.07) is 8.98. The molecule has 2 aromatic rings. The highest BCUT2D eigenvalue weighted by atomic mass is 32.2. The number of sulfone groups is 1. The predicted octanol–water partition coefficient (Wildman–Crippen LogP) is 3.02. The number of amides is 1. The quantitative estimate of drug-likeness (QED) is 0.869. The molecule has 1 fully saturated rings. The van der Waals surface area contributed by atoms with Gasteiger partial charge in [-0.05, 0) is 30.9 Å². The number of carbonyl (C=O) groups excluding carboxylic acids is 1. The van der Waals surface area contributed by atoms with Crippen molar-refractivity contribution in [1.29, 1.82) is 0 Å². The molecule has 0 unspecified atom stereocenters. The van der Waals surface area contributed by atoms with E-state index in [4.69, 9.17) is 0 Å². The third-order valence-electron chi connectivity index (χ3n) is 4.30. The van der Waals surface area contributed by atoms with Gasteiger partial charge in [0.2, 0.25) is 15.0 Å². The average molecular weight is 347 g/mol. The summed E-state index contributed by atoms with van der Waals surface area (Å²) >= 11 is 0. The summed E-state index contributed by atoms with van der Waals surface area (Å²) in [5.74, 6) is -0.122. The molecule has 0 aliphatic heterocycles. The van der Waals surface area contributed by atoms with Gasteiger partial charge < -0.3 is 10.3 Å². The minimum absolute atomic E-state index is 0.0975. The van der Waals surface area contributed by atoms with Gasteiger partial charge in [0, 0.05) is 5.69 Å². The molecule has 0 atom stereocenters. The number of para-hydroxylation sites is 1. The molecule has 128 valence electrons. The Bertz CT molecular complexity index is 793. The van der Waals surface area contributed by atoms with Crippen LogP contribution >= 0.6 is 0 Å². The van der Waals surface area contributed by atoms with Gasteiger partial charge in [0.25, 0.3) is 5.91 Å². The second kappa shape index (κ2) is 7.17. The van der Waals surface area contributed by atoms with Gasteiger partial charge in [0.05, 0.1) is 11.9 Å². The summed E-state index contributed by atoms with van der Waals surface area (Å²) in [5.41, 5.74) is 0.782. The average Bonchev–Trinajstić information content (AvgIpc) is 3.07. The zero-order valence-electron chi connectivity index (χ0n) is 13.4. The summed E-state index contributed by atoms with van der Waals surface area (Å²) in [6.45, 7) is 0. The molecule has 0 saturated heterocycles. The number of rotatable bonds is 5. The van der Waals surface area contributed by atoms with E-state index in [1.807, 2.05) is 18.2 Å². The minimum atomic E-state index is -3.49. The molecule has 6 nitrogen and oxygen atoms in total. The molecule has 1 amide bonds. The van der Waals surface area contributed by atoms with Crippen LogP contribution in [0.4, 0.5) is 5.69 Å². The van der Waals surface area contributed by atoms with Gasteiger partial charge in [-0.3, -0.25) is 4.79 Å². The first-order chi connectivity index (χ1) is 11.5. The van der Waals surface area contributed by atoms with Crippen molar-refractivity contribution in [2.24, 2.45) is 5.92 Å². The molecule has 7 heteroatoms. The van der Waals surface area contributed by atoms with Crippen LogP contribution in [-0.4, -0.2) is 30.0 Å². The van der Waals surface area contributed by atoms with Crippen molar-refractivity contribution in [3.63, 3.8) is 0 Å². The molecule has 0 bridgehead atoms. The van der Waals surface area contributed by atoms with E-state index in [1.165, 1.54) is 12.6 Å². The second-order valence-electron chi connectivity index (χ2n) is 6.21. The molecule has 3 rings (SSSR count). The number of nitrogens with one attached hydrogen (secondary N) is 2. The normalized spacial score (nSPS) is 16.0. The van der Waals surface area contributed by atoms with Crippen molar-refractivity contribution >= 4 is 21.4 Å². The lowest BCUT2D eigenvalue weighted by molar-refractivity contribution is 0.102. The zero-order valence-corrected chi connectivity index (χ0v) is 14.2. The maximum Gasteiger partial charge on any atom is 0.273 e. The van der Waals surface area contributed by atoms with Gasteiger partial charge in [0.15, 0.2) is 0 Å². The first-order valence-electron chi connectivity index (χ1n) is 8.19. The van der Waals surface area contributed by atoms with E-state index in [0.717, 1.165) is 25.7 Å². The Hall–Kier alpha value is -2.15. The summed E-state index contributed by atoms with van der Waals surface area (Å²) in [7, 11) is -3.49. The number of anilines is 1. The zero-order chi connectivity index (χ0) is 17.0. The van der Waals surface area contributed by atoms with Crippen LogP contribution in [0.2, 0.25) is 0 Å². The smallest absolute Gasteiger partial charge is 0.273 e. The molecule has 1 heterocycles. The number of H-pyrrole nitrogens is 1. The van der Waals surface area contributed by atoms with E-state index < -0.39 is 15.7 Å². The lowest BCUT2D eigenvalue weighted by Gasteiger charge is -2.20. The molecule has 24 heavy (non-hydrogen) atoms. The molecular weight excluding hydrogens is 326 g/mol. The summed E-state index contributed by atoms with van der Waals surface area (Å²) < 4.78 is 24.9. The highest BCUT2D eigenvalue weighted by Gasteiger charge is 2.26. The maximum absolute atomic E-state index is 12.5. The molecule has 0 spiro atoms. The number of benzene rings is 1. The van der Waals surface area contributed by atoms with E-state index in [2.05, 4.69) is 15.3 Å². The standard InChI is InChI=1S/C17H21N3O3S/c21-16(19-14-9-5-2-6-10-14)15-11-18-17(20-15)24(22,23)12-13-7-3-1-4-8-13/h2,5-6,9-11,13H,1,3-4,7-8,12H2,(H,18,20)(H,19,21). The maximum atomic E-state index is 12.5. The lowest BCUT2D eigenvalue weighted by atomic mass is 9.91. The number of imidazole rings is 1. The molecule has 1 aliphatic rings. The first-order valence-corrected chi connectivity index (χ1v) is 9.84. The van der Waals surface area contributed by atoms with Crippen molar-refractivity contribution in [2.45, 2.75) is 37.3 Å². The van der Waals surface area contributed by atoms with E-state index in [0.29, 0.717) is 5.69 Å². The van der Waals surface area contributed by atoms with Gasteiger partial charge in [-0.15, -0.1) is 0 Å². The summed E-state index contributed by atoms with van der Waals surface area (Å²) in [6.07, 6.45) is 6.52. The Labute approximate surface area is 141 Å². The largest absolute Gasteiger partial charge is 0.325 e. The second-order valence-corrected chi connectivity index (χ2v) is 8.16. The fourth-order valence-corrected chi connectivity index (χ4v) is 4.63. The van der Waals surface area contributed by atoms with E-state index in [9.17, 15) is 13.2 Å². The summed E-state index contributed by atoms with van der Waals surface area (Å²) in [4.78, 5) is 18.7. The van der Waals surface area contributed by atoms with Gasteiger partial charge in [-0.2, -0.15) is 0 Å². The number of nitrogens with zero attached hydrogens (tertiary/aromatic N) is 1. The van der Waals surface area contributed by atoms with Crippen molar-refractivity contribution in [3.8, 4) is 0 Å². The van der Waals surface area contributed by atoms with Crippen LogP contribution in [0.3, 0.4) is 0 Å². The van der Waals surface area contributed by atoms with Gasteiger partial charge in [-0.25, -0.2) is 13.4 Å². The first kappa shape index (κ1) is 16.7. The fourth-order valence-electron chi connectivity index (χ4n) is 3.04. The lowest BCUT2D eigenvalue weighted by Crippen LogP contribution is -2.20. The number of aromatic amines is 1. The van der Waals surface area contributed by atoms with Crippen molar-refractivity contribution in [2.75, 3.05) is 11.1 Å². The molecule has 1 aliphatic carbocycles. The predicted molar refractivity (Wildman–Crippen MR) is 91.6 cm³/mol. The highest BCUT2D eigenvalue weighted by Crippen LogP contribution is 2.26. The summed E-state index contributed by atoms with van der Waals surface area (Å²) in [5, 5.41) is 2.58. The molecular formula is C17H21N3O3S. The Morgan fingerprint density at radius 1 is 1.17 bits per heavy atom. The molecule has 1 saturated carbocycles. The van der Waals surface area contributed by atoms with Crippen molar-refractivity contribution < 1.29 is 13.2 Å². The number of hydrogen-bond donors (Lipinski definition) is 2. The van der Waals surface area contributed by atoms with Crippen LogP contribution in [0.5, 0.6) is 0 Å². The monoisotopic (exact) mass is 347 g/mol. The van der Waals surface area contributed by atoms with Crippen LogP contribution in [0.1, 0.15) is 42.6 Å². The van der Waals surface area contributed by atoms with Crippen molar-refractivity contribution in [1.82, 2.24) is 9.97 Å². The SMILES string of the molecule is O=C(Nc1ccccc1)c1cnc(S(=O)(=O)CC2CCCCC2)[nH]1. The topological polar surface area (TPSA) is 91.9 Å². The Morgan fingerprint density at radius 3 is 2.58 bits per heavy atom. The van der Waals surface area contributed by atoms with Crippen LogP contribution in [0.25, 0.3) is 0 Å². The van der Waals surface area contributed by atoms with Gasteiger partial charge >= 0.3 is 0 Å². The number of carbonyl (C=O) groups is 1. The molecule has 1 aromatic carbocycles. The number of hydrogen-bond acceptors (Lipinski definition) is 4. The van der Waals surface area contributed by atoms with Crippen LogP contribution in [-0.2, 0) is 9.84 Å². The highest BCUT2D eigenvalue weighted by molar-refractivity contribution is 7.91. The van der Waals surface area contributed by atoms with Gasteiger partial charge in [0.1, 0.15) is 5.69 Å².